The lowest BCUT2D eigenvalue weighted by atomic mass is 10.3. The summed E-state index contributed by atoms with van der Waals surface area (Å²) in [6.07, 6.45) is 0. The van der Waals surface area contributed by atoms with Gasteiger partial charge in [0.1, 0.15) is 6.04 Å². The number of carboxylic acids is 1. The molecule has 2 rings (SSSR count). The van der Waals surface area contributed by atoms with Crippen LogP contribution in [0.4, 0.5) is 9.93 Å². The van der Waals surface area contributed by atoms with Gasteiger partial charge in [0.15, 0.2) is 5.13 Å². The highest BCUT2D eigenvalue weighted by Gasteiger charge is 2.39. The molecule has 2 N–H and O–H groups in total. The molecule has 1 aromatic heterocycles. The first-order valence-corrected chi connectivity index (χ1v) is 7.64. The number of urea groups is 1. The standard InChI is InChI=1S/C11H15N3O3S2/c1-5-6(2)19-10(12-5)13-11(17)14-7(3)18-4-8(14)9(15)16/h7-8H,4H2,1-3H3,(H,15,16)(H,12,13,17). The fraction of sp³-hybridized carbons (Fsp3) is 0.545. The second kappa shape index (κ2) is 5.38. The van der Waals surface area contributed by atoms with Crippen LogP contribution in [0.15, 0.2) is 0 Å². The van der Waals surface area contributed by atoms with Crippen LogP contribution in [0.2, 0.25) is 0 Å². The molecule has 1 aliphatic rings. The second-order valence-electron chi connectivity index (χ2n) is 4.28. The number of amides is 2. The quantitative estimate of drug-likeness (QED) is 0.874. The molecule has 2 atom stereocenters. The number of nitrogens with one attached hydrogen (secondary N) is 1. The van der Waals surface area contributed by atoms with Gasteiger partial charge in [-0.1, -0.05) is 0 Å². The Balaban J connectivity index is 2.12. The Morgan fingerprint density at radius 3 is 2.68 bits per heavy atom. The molecular formula is C11H15N3O3S2. The number of aryl methyl sites for hydroxylation is 2. The third-order valence-corrected chi connectivity index (χ3v) is 5.19. The van der Waals surface area contributed by atoms with E-state index in [1.807, 2.05) is 20.8 Å². The van der Waals surface area contributed by atoms with E-state index in [1.54, 1.807) is 0 Å². The number of hydrogen-bond acceptors (Lipinski definition) is 5. The van der Waals surface area contributed by atoms with Crippen molar-refractivity contribution in [3.8, 4) is 0 Å². The minimum atomic E-state index is -0.974. The Labute approximate surface area is 119 Å². The number of carbonyl (C=O) groups excluding carboxylic acids is 1. The van der Waals surface area contributed by atoms with Gasteiger partial charge in [-0.3, -0.25) is 10.2 Å². The lowest BCUT2D eigenvalue weighted by Gasteiger charge is -2.24. The predicted octanol–water partition coefficient (Wildman–Crippen LogP) is 2.14. The molecule has 2 amide bonds. The SMILES string of the molecule is Cc1nc(NC(=O)N2C(C)SCC2C(=O)O)sc1C. The molecule has 0 aromatic carbocycles. The monoisotopic (exact) mass is 301 g/mol. The predicted molar refractivity (Wildman–Crippen MR) is 75.8 cm³/mol. The average molecular weight is 301 g/mol. The van der Waals surface area contributed by atoms with Crippen LogP contribution in [0.3, 0.4) is 0 Å². The molecule has 0 radical (unpaired) electrons. The van der Waals surface area contributed by atoms with Gasteiger partial charge in [-0.2, -0.15) is 0 Å². The Morgan fingerprint density at radius 2 is 2.16 bits per heavy atom. The third kappa shape index (κ3) is 2.84. The van der Waals surface area contributed by atoms with E-state index in [-0.39, 0.29) is 5.37 Å². The number of carboxylic acid groups (broad SMARTS) is 1. The highest BCUT2D eigenvalue weighted by molar-refractivity contribution is 8.00. The zero-order valence-electron chi connectivity index (χ0n) is 10.8. The minimum absolute atomic E-state index is 0.150. The number of nitrogens with zero attached hydrogens (tertiary/aromatic N) is 2. The third-order valence-electron chi connectivity index (χ3n) is 2.98. The number of aromatic nitrogens is 1. The molecule has 1 saturated heterocycles. The van der Waals surface area contributed by atoms with Gasteiger partial charge in [-0.25, -0.2) is 14.6 Å². The van der Waals surface area contributed by atoms with E-state index in [2.05, 4.69) is 10.3 Å². The maximum Gasteiger partial charge on any atom is 0.327 e. The van der Waals surface area contributed by atoms with Gasteiger partial charge >= 0.3 is 12.0 Å². The van der Waals surface area contributed by atoms with E-state index in [4.69, 9.17) is 5.11 Å². The van der Waals surface area contributed by atoms with Gasteiger partial charge in [0, 0.05) is 10.6 Å². The summed E-state index contributed by atoms with van der Waals surface area (Å²) in [4.78, 5) is 29.9. The van der Waals surface area contributed by atoms with Crippen LogP contribution < -0.4 is 5.32 Å². The zero-order valence-corrected chi connectivity index (χ0v) is 12.5. The lowest BCUT2D eigenvalue weighted by molar-refractivity contribution is -0.141. The summed E-state index contributed by atoms with van der Waals surface area (Å²) in [6, 6.07) is -1.18. The number of hydrogen-bond donors (Lipinski definition) is 2. The van der Waals surface area contributed by atoms with Gasteiger partial charge < -0.3 is 5.11 Å². The van der Waals surface area contributed by atoms with Crippen molar-refractivity contribution in [2.45, 2.75) is 32.2 Å². The molecule has 0 bridgehead atoms. The van der Waals surface area contributed by atoms with Crippen LogP contribution in [0.1, 0.15) is 17.5 Å². The van der Waals surface area contributed by atoms with Crippen molar-refractivity contribution in [3.63, 3.8) is 0 Å². The normalized spacial score (nSPS) is 22.6. The van der Waals surface area contributed by atoms with Crippen molar-refractivity contribution in [1.82, 2.24) is 9.88 Å². The van der Waals surface area contributed by atoms with Gasteiger partial charge in [0.05, 0.1) is 11.1 Å². The fourth-order valence-electron chi connectivity index (χ4n) is 1.82. The summed E-state index contributed by atoms with van der Waals surface area (Å²) in [5.74, 6) is -0.557. The highest BCUT2D eigenvalue weighted by atomic mass is 32.2. The van der Waals surface area contributed by atoms with E-state index in [1.165, 1.54) is 28.0 Å². The minimum Gasteiger partial charge on any atom is -0.480 e. The van der Waals surface area contributed by atoms with Crippen molar-refractivity contribution in [1.29, 1.82) is 0 Å². The Kier molecular flexibility index (Phi) is 4.00. The van der Waals surface area contributed by atoms with E-state index in [0.29, 0.717) is 10.9 Å². The zero-order chi connectivity index (χ0) is 14.2. The summed E-state index contributed by atoms with van der Waals surface area (Å²) >= 11 is 2.84. The van der Waals surface area contributed by atoms with E-state index in [0.717, 1.165) is 10.6 Å². The highest BCUT2D eigenvalue weighted by Crippen LogP contribution is 2.30. The first-order chi connectivity index (χ1) is 8.90. The first kappa shape index (κ1) is 14.1. The maximum absolute atomic E-state index is 12.2. The second-order valence-corrected chi connectivity index (χ2v) is 6.84. The molecule has 2 unspecified atom stereocenters. The molecule has 0 saturated carbocycles. The van der Waals surface area contributed by atoms with Crippen LogP contribution in [0.5, 0.6) is 0 Å². The van der Waals surface area contributed by atoms with Crippen molar-refractivity contribution < 1.29 is 14.7 Å². The summed E-state index contributed by atoms with van der Waals surface area (Å²) in [5, 5.41) is 12.2. The molecule has 19 heavy (non-hydrogen) atoms. The smallest absolute Gasteiger partial charge is 0.327 e. The summed E-state index contributed by atoms with van der Waals surface area (Å²) in [7, 11) is 0. The summed E-state index contributed by atoms with van der Waals surface area (Å²) < 4.78 is 0. The molecule has 0 spiro atoms. The van der Waals surface area contributed by atoms with Crippen molar-refractivity contribution in [3.05, 3.63) is 10.6 Å². The van der Waals surface area contributed by atoms with E-state index >= 15 is 0 Å². The number of thiazole rings is 1. The Bertz CT molecular complexity index is 498. The van der Waals surface area contributed by atoms with Gasteiger partial charge in [0.2, 0.25) is 0 Å². The number of thioether (sulfide) groups is 1. The maximum atomic E-state index is 12.2. The van der Waals surface area contributed by atoms with Crippen molar-refractivity contribution in [2.24, 2.45) is 0 Å². The van der Waals surface area contributed by atoms with Crippen molar-refractivity contribution in [2.75, 3.05) is 11.1 Å². The van der Waals surface area contributed by atoms with Crippen LogP contribution >= 0.6 is 23.1 Å². The molecule has 2 heterocycles. The number of aliphatic carboxylic acids is 1. The van der Waals surface area contributed by atoms with Crippen LogP contribution in [0, 0.1) is 13.8 Å². The number of carbonyl (C=O) groups is 2. The Hall–Kier alpha value is -1.28. The fourth-order valence-corrected chi connectivity index (χ4v) is 3.80. The van der Waals surface area contributed by atoms with Gasteiger partial charge in [-0.05, 0) is 20.8 Å². The van der Waals surface area contributed by atoms with E-state index < -0.39 is 18.0 Å². The molecule has 1 aromatic rings. The van der Waals surface area contributed by atoms with Crippen LogP contribution in [-0.4, -0.2) is 44.2 Å². The molecule has 104 valence electrons. The number of anilines is 1. The lowest BCUT2D eigenvalue weighted by Crippen LogP contribution is -2.46. The average Bonchev–Trinajstić information content (AvgIpc) is 2.83. The summed E-state index contributed by atoms with van der Waals surface area (Å²) in [5.41, 5.74) is 0.874. The Morgan fingerprint density at radius 1 is 1.47 bits per heavy atom. The molecule has 1 aliphatic heterocycles. The van der Waals surface area contributed by atoms with Gasteiger partial charge in [0.25, 0.3) is 0 Å². The molecule has 0 aliphatic carbocycles. The molecule has 1 fully saturated rings. The summed E-state index contributed by atoms with van der Waals surface area (Å²) in [6.45, 7) is 5.62. The number of rotatable bonds is 2. The molecule has 6 nitrogen and oxygen atoms in total. The van der Waals surface area contributed by atoms with Gasteiger partial charge in [-0.15, -0.1) is 23.1 Å². The van der Waals surface area contributed by atoms with Crippen LogP contribution in [-0.2, 0) is 4.79 Å². The molecule has 8 heteroatoms. The van der Waals surface area contributed by atoms with Crippen LogP contribution in [0.25, 0.3) is 0 Å². The van der Waals surface area contributed by atoms with E-state index in [9.17, 15) is 9.59 Å². The largest absolute Gasteiger partial charge is 0.480 e. The first-order valence-electron chi connectivity index (χ1n) is 5.78. The molecular weight excluding hydrogens is 286 g/mol. The van der Waals surface area contributed by atoms with Crippen molar-refractivity contribution >= 4 is 40.2 Å². The topological polar surface area (TPSA) is 82.5 Å².